The molecule has 1 fully saturated rings. The first-order valence-electron chi connectivity index (χ1n) is 13.5. The topological polar surface area (TPSA) is 108 Å². The van der Waals surface area contributed by atoms with Crippen LogP contribution in [0.1, 0.15) is 53.9 Å². The third kappa shape index (κ3) is 6.37. The Hall–Kier alpha value is -3.97. The number of nitrogens with one attached hydrogen (secondary N) is 3. The number of thiophene rings is 1. The molecule has 3 atom stereocenters. The van der Waals surface area contributed by atoms with Crippen LogP contribution >= 0.6 is 11.3 Å². The summed E-state index contributed by atoms with van der Waals surface area (Å²) in [5.41, 5.74) is 9.48. The zero-order valence-electron chi connectivity index (χ0n) is 21.9. The summed E-state index contributed by atoms with van der Waals surface area (Å²) in [6.45, 7) is 0.479. The van der Waals surface area contributed by atoms with E-state index < -0.39 is 5.92 Å². The number of hydrogen-bond acceptors (Lipinski definition) is 4. The third-order valence-corrected chi connectivity index (χ3v) is 8.61. The maximum absolute atomic E-state index is 14.0. The van der Waals surface area contributed by atoms with Gasteiger partial charge in [0.1, 0.15) is 5.84 Å². The average molecular weight is 539 g/mol. The number of rotatable bonds is 9. The van der Waals surface area contributed by atoms with Gasteiger partial charge in [0.2, 0.25) is 11.8 Å². The van der Waals surface area contributed by atoms with Crippen LogP contribution in [0.4, 0.5) is 0 Å². The molecule has 200 valence electrons. The first-order chi connectivity index (χ1) is 19.0. The summed E-state index contributed by atoms with van der Waals surface area (Å²) >= 11 is 1.59. The standard InChI is InChI=1S/C32H34N4O2S/c33-30(34)23-15-16-29-25(18-23)27(20-39-29)26(17-21-9-3-1-4-10-21)32(38)36-28-14-8-7-13-24(28)31(37)35-19-22-11-5-2-6-12-22/h1-6,9-12,15-16,18,20,24,26,28H,7-8,13-14,17,19H2,(H3,33,34)(H,35,37)(H,36,38)/t24-,26?,28?/m1/s1. The molecular weight excluding hydrogens is 504 g/mol. The average Bonchev–Trinajstić information content (AvgIpc) is 3.39. The fourth-order valence-electron chi connectivity index (χ4n) is 5.50. The molecule has 4 aromatic rings. The fraction of sp³-hybridized carbons (Fsp3) is 0.281. The highest BCUT2D eigenvalue weighted by molar-refractivity contribution is 7.17. The van der Waals surface area contributed by atoms with E-state index in [4.69, 9.17) is 11.1 Å². The van der Waals surface area contributed by atoms with Gasteiger partial charge < -0.3 is 16.4 Å². The molecule has 2 unspecified atom stereocenters. The Morgan fingerprint density at radius 2 is 1.64 bits per heavy atom. The molecule has 5 rings (SSSR count). The largest absolute Gasteiger partial charge is 0.384 e. The summed E-state index contributed by atoms with van der Waals surface area (Å²) in [5.74, 6) is -0.759. The third-order valence-electron chi connectivity index (χ3n) is 7.63. The van der Waals surface area contributed by atoms with Crippen LogP contribution in [-0.4, -0.2) is 23.7 Å². The summed E-state index contributed by atoms with van der Waals surface area (Å²) < 4.78 is 1.05. The van der Waals surface area contributed by atoms with Crippen LogP contribution in [0.5, 0.6) is 0 Å². The summed E-state index contributed by atoms with van der Waals surface area (Å²) in [7, 11) is 0. The van der Waals surface area contributed by atoms with Gasteiger partial charge >= 0.3 is 0 Å². The van der Waals surface area contributed by atoms with E-state index in [0.717, 1.165) is 52.5 Å². The van der Waals surface area contributed by atoms with Gasteiger partial charge in [0, 0.05) is 22.8 Å². The predicted molar refractivity (Wildman–Crippen MR) is 158 cm³/mol. The van der Waals surface area contributed by atoms with Crippen LogP contribution in [0.3, 0.4) is 0 Å². The lowest BCUT2D eigenvalue weighted by Gasteiger charge is -2.32. The number of carbonyl (C=O) groups is 2. The van der Waals surface area contributed by atoms with Gasteiger partial charge in [-0.2, -0.15) is 0 Å². The van der Waals surface area contributed by atoms with Crippen molar-refractivity contribution in [2.45, 2.75) is 50.6 Å². The molecule has 0 saturated heterocycles. The van der Waals surface area contributed by atoms with E-state index in [-0.39, 0.29) is 29.6 Å². The summed E-state index contributed by atoms with van der Waals surface area (Å²) in [6, 6.07) is 25.4. The second-order valence-electron chi connectivity index (χ2n) is 10.3. The molecule has 39 heavy (non-hydrogen) atoms. The van der Waals surface area contributed by atoms with E-state index in [1.165, 1.54) is 0 Å². The molecule has 7 heteroatoms. The van der Waals surface area contributed by atoms with Crippen molar-refractivity contribution in [2.75, 3.05) is 0 Å². The Morgan fingerprint density at radius 3 is 2.36 bits per heavy atom. The first kappa shape index (κ1) is 26.6. The number of nitrogen functional groups attached to an aromatic ring is 1. The Bertz CT molecular complexity index is 1450. The van der Waals surface area contributed by atoms with Crippen molar-refractivity contribution >= 4 is 39.1 Å². The van der Waals surface area contributed by atoms with Gasteiger partial charge in [-0.25, -0.2) is 0 Å². The SMILES string of the molecule is N=C(N)c1ccc2scc(C(Cc3ccccc3)C(=O)NC3CCCC[C@H]3C(=O)NCc3ccccc3)c2c1. The summed E-state index contributed by atoms with van der Waals surface area (Å²) in [6.07, 6.45) is 4.05. The van der Waals surface area contributed by atoms with Crippen LogP contribution in [0, 0.1) is 11.3 Å². The van der Waals surface area contributed by atoms with Crippen LogP contribution in [0.15, 0.2) is 84.2 Å². The molecule has 1 aliphatic rings. The van der Waals surface area contributed by atoms with E-state index in [9.17, 15) is 9.59 Å². The first-order valence-corrected chi connectivity index (χ1v) is 14.4. The van der Waals surface area contributed by atoms with Crippen molar-refractivity contribution in [1.29, 1.82) is 5.41 Å². The van der Waals surface area contributed by atoms with Crippen molar-refractivity contribution in [3.05, 3.63) is 106 Å². The van der Waals surface area contributed by atoms with E-state index in [1.54, 1.807) is 11.3 Å². The van der Waals surface area contributed by atoms with Crippen molar-refractivity contribution < 1.29 is 9.59 Å². The normalized spacial score (nSPS) is 17.8. The van der Waals surface area contributed by atoms with Gasteiger partial charge in [-0.05, 0) is 64.9 Å². The van der Waals surface area contributed by atoms with Gasteiger partial charge in [0.25, 0.3) is 0 Å². The minimum atomic E-state index is -0.432. The Kier molecular flexibility index (Phi) is 8.37. The number of fused-ring (bicyclic) bond motifs is 1. The molecule has 3 aromatic carbocycles. The van der Waals surface area contributed by atoms with Crippen molar-refractivity contribution in [3.63, 3.8) is 0 Å². The highest BCUT2D eigenvalue weighted by Gasteiger charge is 2.34. The molecule has 0 bridgehead atoms. The number of carbonyl (C=O) groups excluding carboxylic acids is 2. The van der Waals surface area contributed by atoms with Gasteiger partial charge in [-0.1, -0.05) is 73.5 Å². The Balaban J connectivity index is 1.39. The predicted octanol–water partition coefficient (Wildman–Crippen LogP) is 5.50. The summed E-state index contributed by atoms with van der Waals surface area (Å²) in [4.78, 5) is 27.3. The molecule has 6 nitrogen and oxygen atoms in total. The fourth-order valence-corrected chi connectivity index (χ4v) is 6.49. The smallest absolute Gasteiger partial charge is 0.228 e. The van der Waals surface area contributed by atoms with Gasteiger partial charge in [-0.15, -0.1) is 11.3 Å². The molecule has 0 aliphatic heterocycles. The zero-order chi connectivity index (χ0) is 27.2. The zero-order valence-corrected chi connectivity index (χ0v) is 22.7. The lowest BCUT2D eigenvalue weighted by atomic mass is 9.82. The maximum atomic E-state index is 14.0. The van der Waals surface area contributed by atoms with Crippen LogP contribution in [-0.2, 0) is 22.6 Å². The lowest BCUT2D eigenvalue weighted by molar-refractivity contribution is -0.129. The van der Waals surface area contributed by atoms with Crippen LogP contribution < -0.4 is 16.4 Å². The van der Waals surface area contributed by atoms with Crippen LogP contribution in [0.25, 0.3) is 10.1 Å². The van der Waals surface area contributed by atoms with Gasteiger partial charge in [-0.3, -0.25) is 15.0 Å². The second-order valence-corrected chi connectivity index (χ2v) is 11.2. The van der Waals surface area contributed by atoms with Crippen molar-refractivity contribution in [3.8, 4) is 0 Å². The highest BCUT2D eigenvalue weighted by atomic mass is 32.1. The van der Waals surface area contributed by atoms with E-state index in [2.05, 4.69) is 10.6 Å². The van der Waals surface area contributed by atoms with E-state index in [1.807, 2.05) is 84.2 Å². The second kappa shape index (κ2) is 12.3. The Morgan fingerprint density at radius 1 is 0.949 bits per heavy atom. The van der Waals surface area contributed by atoms with E-state index in [0.29, 0.717) is 18.5 Å². The number of hydrogen-bond donors (Lipinski definition) is 4. The summed E-state index contributed by atoms with van der Waals surface area (Å²) in [5, 5.41) is 17.3. The molecule has 1 aromatic heterocycles. The highest BCUT2D eigenvalue weighted by Crippen LogP contribution is 2.35. The molecule has 1 heterocycles. The molecule has 0 spiro atoms. The minimum absolute atomic E-state index is 0.00412. The van der Waals surface area contributed by atoms with Gasteiger partial charge in [0.15, 0.2) is 0 Å². The number of amidine groups is 1. The van der Waals surface area contributed by atoms with Gasteiger partial charge in [0.05, 0.1) is 11.8 Å². The molecule has 1 saturated carbocycles. The van der Waals surface area contributed by atoms with Crippen molar-refractivity contribution in [1.82, 2.24) is 10.6 Å². The Labute approximate surface area is 233 Å². The van der Waals surface area contributed by atoms with Crippen molar-refractivity contribution in [2.24, 2.45) is 11.7 Å². The molecule has 0 radical (unpaired) electrons. The molecule has 1 aliphatic carbocycles. The maximum Gasteiger partial charge on any atom is 0.228 e. The molecule has 2 amide bonds. The number of amides is 2. The monoisotopic (exact) mass is 538 g/mol. The number of nitrogens with two attached hydrogens (primary N) is 1. The quantitative estimate of drug-likeness (QED) is 0.167. The molecule has 5 N–H and O–H groups in total. The lowest BCUT2D eigenvalue weighted by Crippen LogP contribution is -2.49. The van der Waals surface area contributed by atoms with Crippen LogP contribution in [0.2, 0.25) is 0 Å². The van der Waals surface area contributed by atoms with E-state index >= 15 is 0 Å². The number of benzene rings is 3. The molecular formula is C32H34N4O2S. The minimum Gasteiger partial charge on any atom is -0.384 e.